The van der Waals surface area contributed by atoms with Gasteiger partial charge in [-0.05, 0) is 55.9 Å². The van der Waals surface area contributed by atoms with E-state index in [0.29, 0.717) is 31.5 Å². The van der Waals surface area contributed by atoms with Gasteiger partial charge in [-0.1, -0.05) is 42.5 Å². The number of aromatic amines is 1. The van der Waals surface area contributed by atoms with Crippen LogP contribution in [-0.4, -0.2) is 33.6 Å². The number of phenols is 1. The number of hydrogen-bond donors (Lipinski definition) is 4. The van der Waals surface area contributed by atoms with Crippen molar-refractivity contribution in [3.05, 3.63) is 93.2 Å². The Kier molecular flexibility index (Phi) is 8.16. The van der Waals surface area contributed by atoms with E-state index in [1.807, 2.05) is 37.3 Å². The maximum absolute atomic E-state index is 12.4. The standard InChI is InChI=1S/C25H30N4O3/c1-17-23(16-18-7-3-2-4-8-18)29-25(32)22(28-17)9-5-6-14-27-24(31)21(26)15-19-10-12-20(30)13-11-19/h2-4,7-8,10-13,21,30H,5-6,9,14-16,26H2,1H3,(H,27,31)(H,29,32)/t21-/m0/s1. The van der Waals surface area contributed by atoms with E-state index in [9.17, 15) is 14.7 Å². The van der Waals surface area contributed by atoms with Crippen molar-refractivity contribution in [2.45, 2.75) is 45.1 Å². The lowest BCUT2D eigenvalue weighted by atomic mass is 10.1. The fourth-order valence-electron chi connectivity index (χ4n) is 3.50. The molecule has 0 spiro atoms. The summed E-state index contributed by atoms with van der Waals surface area (Å²) < 4.78 is 0. The van der Waals surface area contributed by atoms with Crippen LogP contribution in [0.25, 0.3) is 0 Å². The van der Waals surface area contributed by atoms with Gasteiger partial charge in [-0.15, -0.1) is 0 Å². The normalized spacial score (nSPS) is 11.8. The SMILES string of the molecule is Cc1nc(CCCCNC(=O)[C@@H](N)Cc2ccc(O)cc2)c(=O)[nH]c1Cc1ccccc1. The lowest BCUT2D eigenvalue weighted by Crippen LogP contribution is -2.42. The number of carbonyl (C=O) groups is 1. The first kappa shape index (κ1) is 23.2. The van der Waals surface area contributed by atoms with E-state index in [1.54, 1.807) is 24.3 Å². The summed E-state index contributed by atoms with van der Waals surface area (Å²) in [6.07, 6.45) is 3.06. The molecule has 0 radical (unpaired) electrons. The van der Waals surface area contributed by atoms with Gasteiger partial charge in [-0.2, -0.15) is 0 Å². The Morgan fingerprint density at radius 2 is 1.81 bits per heavy atom. The van der Waals surface area contributed by atoms with Gasteiger partial charge in [0.25, 0.3) is 5.56 Å². The van der Waals surface area contributed by atoms with Crippen molar-refractivity contribution in [2.75, 3.05) is 6.54 Å². The molecule has 0 unspecified atom stereocenters. The number of aromatic nitrogens is 2. The van der Waals surface area contributed by atoms with Crippen LogP contribution in [0.3, 0.4) is 0 Å². The minimum absolute atomic E-state index is 0.151. The maximum atomic E-state index is 12.4. The molecule has 1 atom stereocenters. The number of benzene rings is 2. The number of nitrogens with zero attached hydrogens (tertiary/aromatic N) is 1. The van der Waals surface area contributed by atoms with Crippen molar-refractivity contribution in [1.82, 2.24) is 15.3 Å². The van der Waals surface area contributed by atoms with Crippen molar-refractivity contribution in [3.63, 3.8) is 0 Å². The molecule has 0 aliphatic carbocycles. The van der Waals surface area contributed by atoms with Gasteiger partial charge in [0.2, 0.25) is 5.91 Å². The molecule has 5 N–H and O–H groups in total. The molecular weight excluding hydrogens is 404 g/mol. The highest BCUT2D eigenvalue weighted by Gasteiger charge is 2.14. The predicted octanol–water partition coefficient (Wildman–Crippen LogP) is 2.38. The number of phenolic OH excluding ortho intramolecular Hbond substituents is 1. The largest absolute Gasteiger partial charge is 0.508 e. The fourth-order valence-corrected chi connectivity index (χ4v) is 3.50. The molecule has 0 fully saturated rings. The first-order chi connectivity index (χ1) is 15.4. The van der Waals surface area contributed by atoms with Crippen molar-refractivity contribution in [1.29, 1.82) is 0 Å². The van der Waals surface area contributed by atoms with Crippen LogP contribution in [0.15, 0.2) is 59.4 Å². The zero-order valence-electron chi connectivity index (χ0n) is 18.3. The zero-order chi connectivity index (χ0) is 22.9. The van der Waals surface area contributed by atoms with E-state index in [4.69, 9.17) is 5.73 Å². The number of rotatable bonds is 10. The maximum Gasteiger partial charge on any atom is 0.269 e. The van der Waals surface area contributed by atoms with Crippen LogP contribution >= 0.6 is 0 Å². The second kappa shape index (κ2) is 11.2. The van der Waals surface area contributed by atoms with Crippen LogP contribution < -0.4 is 16.6 Å². The van der Waals surface area contributed by atoms with Gasteiger partial charge in [-0.25, -0.2) is 0 Å². The molecule has 168 valence electrons. The molecular formula is C25H30N4O3. The van der Waals surface area contributed by atoms with Gasteiger partial charge in [0.05, 0.1) is 11.7 Å². The number of aryl methyl sites for hydroxylation is 2. The number of unbranched alkanes of at least 4 members (excludes halogenated alkanes) is 1. The van der Waals surface area contributed by atoms with Crippen molar-refractivity contribution >= 4 is 5.91 Å². The Morgan fingerprint density at radius 3 is 2.53 bits per heavy atom. The second-order valence-electron chi connectivity index (χ2n) is 7.96. The Balaban J connectivity index is 1.42. The minimum Gasteiger partial charge on any atom is -0.508 e. The summed E-state index contributed by atoms with van der Waals surface area (Å²) in [6, 6.07) is 16.0. The zero-order valence-corrected chi connectivity index (χ0v) is 18.3. The van der Waals surface area contributed by atoms with Crippen LogP contribution in [0.2, 0.25) is 0 Å². The Labute approximate surface area is 187 Å². The number of H-pyrrole nitrogens is 1. The van der Waals surface area contributed by atoms with Gasteiger partial charge < -0.3 is 21.1 Å². The summed E-state index contributed by atoms with van der Waals surface area (Å²) in [5, 5.41) is 12.2. The van der Waals surface area contributed by atoms with Crippen molar-refractivity contribution in [2.24, 2.45) is 5.73 Å². The highest BCUT2D eigenvalue weighted by atomic mass is 16.3. The summed E-state index contributed by atoms with van der Waals surface area (Å²) in [7, 11) is 0. The minimum atomic E-state index is -0.649. The van der Waals surface area contributed by atoms with Crippen LogP contribution in [0, 0.1) is 6.92 Å². The number of amides is 1. The molecule has 7 nitrogen and oxygen atoms in total. The molecule has 3 aromatic rings. The van der Waals surface area contributed by atoms with E-state index in [2.05, 4.69) is 15.3 Å². The van der Waals surface area contributed by atoms with Crippen LogP contribution in [-0.2, 0) is 24.1 Å². The molecule has 2 aromatic carbocycles. The summed E-state index contributed by atoms with van der Waals surface area (Å²) in [5.41, 5.74) is 10.0. The quantitative estimate of drug-likeness (QED) is 0.365. The lowest BCUT2D eigenvalue weighted by molar-refractivity contribution is -0.122. The van der Waals surface area contributed by atoms with E-state index in [1.165, 1.54) is 0 Å². The third-order valence-electron chi connectivity index (χ3n) is 5.36. The van der Waals surface area contributed by atoms with Crippen LogP contribution in [0.5, 0.6) is 5.75 Å². The summed E-state index contributed by atoms with van der Waals surface area (Å²) in [4.78, 5) is 32.1. The predicted molar refractivity (Wildman–Crippen MR) is 125 cm³/mol. The first-order valence-electron chi connectivity index (χ1n) is 10.9. The van der Waals surface area contributed by atoms with E-state index < -0.39 is 6.04 Å². The monoisotopic (exact) mass is 434 g/mol. The van der Waals surface area contributed by atoms with Crippen LogP contribution in [0.1, 0.15) is 41.1 Å². The van der Waals surface area contributed by atoms with E-state index >= 15 is 0 Å². The van der Waals surface area contributed by atoms with Gasteiger partial charge in [0, 0.05) is 18.7 Å². The number of nitrogens with one attached hydrogen (secondary N) is 2. The average molecular weight is 435 g/mol. The third-order valence-corrected chi connectivity index (χ3v) is 5.36. The van der Waals surface area contributed by atoms with Gasteiger partial charge in [-0.3, -0.25) is 14.6 Å². The fraction of sp³-hybridized carbons (Fsp3) is 0.320. The van der Waals surface area contributed by atoms with Crippen LogP contribution in [0.4, 0.5) is 0 Å². The Morgan fingerprint density at radius 1 is 1.09 bits per heavy atom. The molecule has 0 saturated carbocycles. The first-order valence-corrected chi connectivity index (χ1v) is 10.9. The number of aromatic hydroxyl groups is 1. The molecule has 0 saturated heterocycles. The lowest BCUT2D eigenvalue weighted by Gasteiger charge is -2.12. The Bertz CT molecular complexity index is 1080. The molecule has 0 bridgehead atoms. The second-order valence-corrected chi connectivity index (χ2v) is 7.96. The smallest absolute Gasteiger partial charge is 0.269 e. The van der Waals surface area contributed by atoms with E-state index in [0.717, 1.165) is 35.4 Å². The number of hydrogen-bond acceptors (Lipinski definition) is 5. The molecule has 1 aromatic heterocycles. The topological polar surface area (TPSA) is 121 Å². The Hall–Kier alpha value is -3.45. The van der Waals surface area contributed by atoms with Gasteiger partial charge in [0.15, 0.2) is 0 Å². The number of carbonyl (C=O) groups excluding carboxylic acids is 1. The average Bonchev–Trinajstić information content (AvgIpc) is 2.78. The molecule has 0 aliphatic heterocycles. The third kappa shape index (κ3) is 6.78. The summed E-state index contributed by atoms with van der Waals surface area (Å²) in [5.74, 6) is -0.0312. The van der Waals surface area contributed by atoms with Gasteiger partial charge in [0.1, 0.15) is 11.4 Å². The molecule has 7 heteroatoms. The molecule has 3 rings (SSSR count). The molecule has 1 heterocycles. The summed E-state index contributed by atoms with van der Waals surface area (Å²) >= 11 is 0. The highest BCUT2D eigenvalue weighted by Crippen LogP contribution is 2.11. The van der Waals surface area contributed by atoms with Gasteiger partial charge >= 0.3 is 0 Å². The number of nitrogens with two attached hydrogens (primary N) is 1. The highest BCUT2D eigenvalue weighted by molar-refractivity contribution is 5.81. The molecule has 0 aliphatic rings. The van der Waals surface area contributed by atoms with E-state index in [-0.39, 0.29) is 17.2 Å². The summed E-state index contributed by atoms with van der Waals surface area (Å²) in [6.45, 7) is 2.40. The van der Waals surface area contributed by atoms with Crippen molar-refractivity contribution < 1.29 is 9.90 Å². The molecule has 1 amide bonds. The molecule has 32 heavy (non-hydrogen) atoms. The van der Waals surface area contributed by atoms with Crippen molar-refractivity contribution in [3.8, 4) is 5.75 Å².